The minimum Gasteiger partial charge on any atom is -0.389 e. The summed E-state index contributed by atoms with van der Waals surface area (Å²) in [6.45, 7) is -0.208. The van der Waals surface area contributed by atoms with E-state index in [9.17, 15) is 16.8 Å². The average molecular weight is 351 g/mol. The lowest BCUT2D eigenvalue weighted by Gasteiger charge is -2.12. The molecule has 7 nitrogen and oxygen atoms in total. The molecule has 0 aromatic heterocycles. The smallest absolute Gasteiger partial charge is 0.240 e. The van der Waals surface area contributed by atoms with Crippen LogP contribution in [0.4, 0.5) is 0 Å². The van der Waals surface area contributed by atoms with E-state index >= 15 is 0 Å². The van der Waals surface area contributed by atoms with Crippen LogP contribution in [0.15, 0.2) is 29.2 Å². The van der Waals surface area contributed by atoms with Crippen molar-refractivity contribution in [2.24, 2.45) is 5.73 Å². The van der Waals surface area contributed by atoms with E-state index in [0.29, 0.717) is 5.56 Å². The Morgan fingerprint density at radius 1 is 1.19 bits per heavy atom. The maximum atomic E-state index is 12.0. The number of nitrogens with one attached hydrogen (secondary N) is 1. The molecule has 1 aromatic rings. The largest absolute Gasteiger partial charge is 0.389 e. The van der Waals surface area contributed by atoms with E-state index < -0.39 is 20.0 Å². The minimum atomic E-state index is -3.77. The fraction of sp³-hybridized carbons (Fsp3) is 0.364. The van der Waals surface area contributed by atoms with Gasteiger partial charge >= 0.3 is 0 Å². The van der Waals surface area contributed by atoms with Gasteiger partial charge in [0.25, 0.3) is 0 Å². The normalized spacial score (nSPS) is 12.5. The third-order valence-electron chi connectivity index (χ3n) is 2.66. The summed E-state index contributed by atoms with van der Waals surface area (Å²) in [7, 11) is -4.44. The molecule has 0 aliphatic rings. The molecule has 0 aliphatic heterocycles. The maximum Gasteiger partial charge on any atom is 0.240 e. The number of sulfonamides is 2. The Morgan fingerprint density at radius 3 is 2.14 bits per heavy atom. The van der Waals surface area contributed by atoms with Crippen LogP contribution in [0.3, 0.4) is 0 Å². The number of rotatable bonds is 7. The lowest BCUT2D eigenvalue weighted by molar-refractivity contribution is 0.519. The lowest BCUT2D eigenvalue weighted by atomic mass is 10.2. The van der Waals surface area contributed by atoms with Crippen LogP contribution in [0.5, 0.6) is 0 Å². The first-order chi connectivity index (χ1) is 9.56. The van der Waals surface area contributed by atoms with Gasteiger partial charge in [0.1, 0.15) is 4.99 Å². The fourth-order valence-corrected chi connectivity index (χ4v) is 3.39. The van der Waals surface area contributed by atoms with Crippen molar-refractivity contribution in [2.75, 3.05) is 26.4 Å². The van der Waals surface area contributed by atoms with Crippen molar-refractivity contribution in [1.29, 1.82) is 0 Å². The van der Waals surface area contributed by atoms with Gasteiger partial charge in [0, 0.05) is 26.2 Å². The second-order valence-corrected chi connectivity index (χ2v) is 8.89. The quantitative estimate of drug-likeness (QED) is 0.640. The summed E-state index contributed by atoms with van der Waals surface area (Å²) in [5.74, 6) is -0.315. The van der Waals surface area contributed by atoms with E-state index in [1.165, 1.54) is 38.4 Å². The van der Waals surface area contributed by atoms with E-state index in [1.807, 2.05) is 0 Å². The molecular weight excluding hydrogens is 334 g/mol. The van der Waals surface area contributed by atoms with E-state index in [4.69, 9.17) is 18.0 Å². The van der Waals surface area contributed by atoms with E-state index in [1.54, 1.807) is 0 Å². The summed E-state index contributed by atoms with van der Waals surface area (Å²) < 4.78 is 50.3. The van der Waals surface area contributed by atoms with Crippen LogP contribution in [0, 0.1) is 0 Å². The molecule has 0 aliphatic carbocycles. The summed E-state index contributed by atoms with van der Waals surface area (Å²) in [6.07, 6.45) is 0. The highest BCUT2D eigenvalue weighted by molar-refractivity contribution is 7.90. The molecular formula is C11H17N3O4S3. The molecule has 0 saturated heterocycles. The third-order valence-corrected chi connectivity index (χ3v) is 6.20. The summed E-state index contributed by atoms with van der Waals surface area (Å²) in [4.78, 5) is 0.189. The highest BCUT2D eigenvalue weighted by Gasteiger charge is 2.17. The van der Waals surface area contributed by atoms with Crippen molar-refractivity contribution in [3.63, 3.8) is 0 Å². The highest BCUT2D eigenvalue weighted by Crippen LogP contribution is 2.10. The van der Waals surface area contributed by atoms with Gasteiger partial charge in [0.15, 0.2) is 0 Å². The standard InChI is InChI=1S/C11H17N3O4S3/c1-14(2)20(15,16)8-7-13-21(17,18)10-5-3-9(4-6-10)11(12)19/h3-6,13H,7-8H2,1-2H3,(H2,12,19). The summed E-state index contributed by atoms with van der Waals surface area (Å²) in [6, 6.07) is 5.70. The summed E-state index contributed by atoms with van der Waals surface area (Å²) in [5, 5.41) is 0. The summed E-state index contributed by atoms with van der Waals surface area (Å²) >= 11 is 4.78. The number of nitrogens with two attached hydrogens (primary N) is 1. The molecule has 0 amide bonds. The van der Waals surface area contributed by atoms with Crippen LogP contribution in [-0.2, 0) is 20.0 Å². The van der Waals surface area contributed by atoms with E-state index in [0.717, 1.165) is 4.31 Å². The average Bonchev–Trinajstić information content (AvgIpc) is 2.38. The zero-order valence-electron chi connectivity index (χ0n) is 11.6. The molecule has 1 rings (SSSR count). The van der Waals surface area contributed by atoms with Gasteiger partial charge in [0.05, 0.1) is 10.6 Å². The molecule has 0 saturated carbocycles. The third kappa shape index (κ3) is 5.00. The highest BCUT2D eigenvalue weighted by atomic mass is 32.2. The predicted octanol–water partition coefficient (Wildman–Crippen LogP) is -0.509. The van der Waals surface area contributed by atoms with E-state index in [-0.39, 0.29) is 22.2 Å². The molecule has 21 heavy (non-hydrogen) atoms. The number of thiocarbonyl (C=S) groups is 1. The molecule has 10 heteroatoms. The fourth-order valence-electron chi connectivity index (χ4n) is 1.37. The van der Waals surface area contributed by atoms with Gasteiger partial charge in [-0.3, -0.25) is 0 Å². The van der Waals surface area contributed by atoms with Crippen molar-refractivity contribution in [2.45, 2.75) is 4.90 Å². The number of hydrogen-bond donors (Lipinski definition) is 2. The first kappa shape index (κ1) is 18.0. The van der Waals surface area contributed by atoms with Crippen molar-refractivity contribution < 1.29 is 16.8 Å². The summed E-state index contributed by atoms with van der Waals surface area (Å²) in [5.41, 5.74) is 5.98. The molecule has 0 atom stereocenters. The molecule has 0 bridgehead atoms. The Balaban J connectivity index is 2.76. The zero-order valence-corrected chi connectivity index (χ0v) is 14.1. The van der Waals surface area contributed by atoms with Crippen molar-refractivity contribution in [3.8, 4) is 0 Å². The van der Waals surface area contributed by atoms with Crippen LogP contribution >= 0.6 is 12.2 Å². The molecule has 0 radical (unpaired) electrons. The van der Waals surface area contributed by atoms with Crippen LogP contribution in [0.25, 0.3) is 0 Å². The number of nitrogens with zero attached hydrogens (tertiary/aromatic N) is 1. The van der Waals surface area contributed by atoms with Gasteiger partial charge in [0.2, 0.25) is 20.0 Å². The maximum absolute atomic E-state index is 12.0. The number of benzene rings is 1. The molecule has 0 fully saturated rings. The van der Waals surface area contributed by atoms with Crippen LogP contribution < -0.4 is 10.5 Å². The van der Waals surface area contributed by atoms with E-state index in [2.05, 4.69) is 4.72 Å². The van der Waals surface area contributed by atoms with Gasteiger partial charge in [-0.1, -0.05) is 24.4 Å². The zero-order chi connectivity index (χ0) is 16.3. The molecule has 3 N–H and O–H groups in total. The Kier molecular flexibility index (Phi) is 5.82. The van der Waals surface area contributed by atoms with Gasteiger partial charge in [-0.2, -0.15) is 0 Å². The lowest BCUT2D eigenvalue weighted by Crippen LogP contribution is -2.33. The predicted molar refractivity (Wildman–Crippen MR) is 85.0 cm³/mol. The van der Waals surface area contributed by atoms with Crippen LogP contribution in [0.2, 0.25) is 0 Å². The SMILES string of the molecule is CN(C)S(=O)(=O)CCNS(=O)(=O)c1ccc(C(N)=S)cc1. The first-order valence-electron chi connectivity index (χ1n) is 5.86. The monoisotopic (exact) mass is 351 g/mol. The van der Waals surface area contributed by atoms with Gasteiger partial charge in [-0.15, -0.1) is 0 Å². The van der Waals surface area contributed by atoms with Gasteiger partial charge in [-0.05, 0) is 12.1 Å². The molecule has 0 unspecified atom stereocenters. The van der Waals surface area contributed by atoms with Gasteiger partial charge in [-0.25, -0.2) is 25.9 Å². The second-order valence-electron chi connectivity index (χ2n) is 4.38. The Labute approximate surface area is 130 Å². The molecule has 118 valence electrons. The Morgan fingerprint density at radius 2 is 1.71 bits per heavy atom. The van der Waals surface area contributed by atoms with Crippen molar-refractivity contribution >= 4 is 37.3 Å². The minimum absolute atomic E-state index is 0.0183. The Hall–Kier alpha value is -1.07. The number of hydrogen-bond acceptors (Lipinski definition) is 5. The van der Waals surface area contributed by atoms with Gasteiger partial charge < -0.3 is 5.73 Å². The van der Waals surface area contributed by atoms with Crippen LogP contribution in [-0.4, -0.2) is 52.5 Å². The topological polar surface area (TPSA) is 110 Å². The van der Waals surface area contributed by atoms with Crippen molar-refractivity contribution in [3.05, 3.63) is 29.8 Å². The molecule has 0 heterocycles. The first-order valence-corrected chi connectivity index (χ1v) is 9.36. The molecule has 1 aromatic carbocycles. The second kappa shape index (κ2) is 6.79. The van der Waals surface area contributed by atoms with Crippen LogP contribution in [0.1, 0.15) is 5.56 Å². The Bertz CT molecular complexity index is 710. The van der Waals surface area contributed by atoms with Crippen molar-refractivity contribution in [1.82, 2.24) is 9.03 Å². The molecule has 0 spiro atoms.